The van der Waals surface area contributed by atoms with Gasteiger partial charge in [-0.3, -0.25) is 0 Å². The van der Waals surface area contributed by atoms with Crippen molar-refractivity contribution in [1.82, 2.24) is 0 Å². The molecule has 0 unspecified atom stereocenters. The number of methoxy groups -OCH3 is 2. The first-order valence-electron chi connectivity index (χ1n) is 11.8. The molecule has 5 nitrogen and oxygen atoms in total. The molecule has 0 N–H and O–H groups in total. The largest absolute Gasteiger partial charge is 0.493 e. The Kier molecular flexibility index (Phi) is 10.0. The highest BCUT2D eigenvalue weighted by Crippen LogP contribution is 2.33. The molecule has 2 saturated carbocycles. The molecule has 0 atom stereocenters. The molecule has 2 aliphatic rings. The van der Waals surface area contributed by atoms with Gasteiger partial charge in [-0.1, -0.05) is 12.1 Å². The monoisotopic (exact) mass is 471 g/mol. The zero-order valence-corrected chi connectivity index (χ0v) is 20.4. The van der Waals surface area contributed by atoms with Gasteiger partial charge in [-0.25, -0.2) is 0 Å². The summed E-state index contributed by atoms with van der Waals surface area (Å²) in [6.07, 6.45) is 10.6. The molecular weight excluding hydrogens is 438 g/mol. The van der Waals surface area contributed by atoms with Crippen LogP contribution < -0.4 is 18.9 Å². The van der Waals surface area contributed by atoms with Gasteiger partial charge in [-0.05, 0) is 86.8 Å². The van der Waals surface area contributed by atoms with Crippen molar-refractivity contribution in [3.8, 4) is 29.1 Å². The minimum absolute atomic E-state index is 0.307. The highest BCUT2D eigenvalue weighted by atomic mass is 35.5. The summed E-state index contributed by atoms with van der Waals surface area (Å²) < 4.78 is 22.5. The standard InChI is InChI=1S/C14H17NO2.C13H17ClO2/c1-16-13-7-6-11(8-9-15)10-14(13)17-12-4-2-3-5-12;1-15-12-7-6-10(9-14)8-13(12)16-11-4-2-3-5-11/h6-7,10,12H,2-5,8H2,1H3;6-8,11H,2-5,9H2,1H3. The van der Waals surface area contributed by atoms with Crippen molar-refractivity contribution in [2.24, 2.45) is 0 Å². The van der Waals surface area contributed by atoms with Crippen LogP contribution in [0, 0.1) is 11.3 Å². The average Bonchev–Trinajstić information content (AvgIpc) is 3.54. The molecule has 0 radical (unpaired) electrons. The third kappa shape index (κ3) is 7.47. The Balaban J connectivity index is 0.000000186. The lowest BCUT2D eigenvalue weighted by molar-refractivity contribution is 0.200. The lowest BCUT2D eigenvalue weighted by Crippen LogP contribution is -2.11. The van der Waals surface area contributed by atoms with E-state index in [4.69, 9.17) is 35.8 Å². The van der Waals surface area contributed by atoms with E-state index in [0.29, 0.717) is 24.5 Å². The Labute approximate surface area is 202 Å². The van der Waals surface area contributed by atoms with Crippen molar-refractivity contribution < 1.29 is 18.9 Å². The van der Waals surface area contributed by atoms with E-state index >= 15 is 0 Å². The topological polar surface area (TPSA) is 60.7 Å². The minimum Gasteiger partial charge on any atom is -0.493 e. The van der Waals surface area contributed by atoms with Crippen LogP contribution in [0.2, 0.25) is 0 Å². The second-order valence-corrected chi connectivity index (χ2v) is 8.75. The van der Waals surface area contributed by atoms with E-state index in [1.54, 1.807) is 14.2 Å². The SMILES string of the molecule is COc1ccc(CC#N)cc1OC1CCCC1.COc1ccc(CCl)cc1OC1CCCC1. The van der Waals surface area contributed by atoms with Crippen LogP contribution in [0.4, 0.5) is 0 Å². The van der Waals surface area contributed by atoms with Crippen molar-refractivity contribution in [3.05, 3.63) is 47.5 Å². The maximum absolute atomic E-state index is 8.70. The minimum atomic E-state index is 0.307. The van der Waals surface area contributed by atoms with E-state index in [1.165, 1.54) is 25.7 Å². The van der Waals surface area contributed by atoms with E-state index in [2.05, 4.69) is 6.07 Å². The number of nitrogens with zero attached hydrogens (tertiary/aromatic N) is 1. The Bertz CT molecular complexity index is 915. The fourth-order valence-corrected chi connectivity index (χ4v) is 4.45. The summed E-state index contributed by atoms with van der Waals surface area (Å²) >= 11 is 5.81. The number of hydrogen-bond donors (Lipinski definition) is 0. The Hall–Kier alpha value is -2.58. The van der Waals surface area contributed by atoms with E-state index in [9.17, 15) is 0 Å². The number of benzene rings is 2. The molecule has 0 bridgehead atoms. The molecule has 0 spiro atoms. The van der Waals surface area contributed by atoms with Gasteiger partial charge in [0.05, 0.1) is 38.9 Å². The van der Waals surface area contributed by atoms with Crippen LogP contribution in [0.5, 0.6) is 23.0 Å². The number of rotatable bonds is 8. The number of alkyl halides is 1. The summed E-state index contributed by atoms with van der Waals surface area (Å²) in [6.45, 7) is 0. The molecular formula is C27H34ClNO4. The van der Waals surface area contributed by atoms with Gasteiger partial charge in [-0.15, -0.1) is 11.6 Å². The lowest BCUT2D eigenvalue weighted by Gasteiger charge is -2.16. The van der Waals surface area contributed by atoms with Crippen molar-refractivity contribution >= 4 is 11.6 Å². The van der Waals surface area contributed by atoms with E-state index in [0.717, 1.165) is 59.8 Å². The Morgan fingerprint density at radius 3 is 1.64 bits per heavy atom. The summed E-state index contributed by atoms with van der Waals surface area (Å²) in [4.78, 5) is 0. The fourth-order valence-electron chi connectivity index (χ4n) is 4.28. The first kappa shape index (κ1) is 25.1. The molecule has 6 heteroatoms. The summed E-state index contributed by atoms with van der Waals surface area (Å²) in [5, 5.41) is 8.70. The van der Waals surface area contributed by atoms with Gasteiger partial charge in [0.25, 0.3) is 0 Å². The fraction of sp³-hybridized carbons (Fsp3) is 0.519. The number of ether oxygens (including phenoxy) is 4. The quantitative estimate of drug-likeness (QED) is 0.394. The van der Waals surface area contributed by atoms with E-state index in [1.807, 2.05) is 36.4 Å². The predicted molar refractivity (Wildman–Crippen MR) is 131 cm³/mol. The third-order valence-electron chi connectivity index (χ3n) is 6.09. The van der Waals surface area contributed by atoms with Crippen molar-refractivity contribution in [2.75, 3.05) is 14.2 Å². The van der Waals surface area contributed by atoms with Crippen LogP contribution in [0.1, 0.15) is 62.5 Å². The molecule has 0 amide bonds. The molecule has 2 aromatic carbocycles. The zero-order valence-electron chi connectivity index (χ0n) is 19.6. The molecule has 2 aliphatic carbocycles. The van der Waals surface area contributed by atoms with Gasteiger partial charge >= 0.3 is 0 Å². The molecule has 2 aromatic rings. The summed E-state index contributed by atoms with van der Waals surface area (Å²) in [5.74, 6) is 3.64. The highest BCUT2D eigenvalue weighted by molar-refractivity contribution is 6.17. The summed E-state index contributed by atoms with van der Waals surface area (Å²) in [5.41, 5.74) is 2.04. The summed E-state index contributed by atoms with van der Waals surface area (Å²) in [6, 6.07) is 13.7. The van der Waals surface area contributed by atoms with Crippen LogP contribution >= 0.6 is 11.6 Å². The summed E-state index contributed by atoms with van der Waals surface area (Å²) in [7, 11) is 3.30. The molecule has 0 aliphatic heterocycles. The van der Waals surface area contributed by atoms with Crippen LogP contribution in [-0.4, -0.2) is 26.4 Å². The van der Waals surface area contributed by atoms with Crippen LogP contribution in [0.3, 0.4) is 0 Å². The number of nitriles is 1. The number of halogens is 1. The predicted octanol–water partition coefficient (Wildman–Crippen LogP) is 6.84. The first-order chi connectivity index (χ1) is 16.2. The van der Waals surface area contributed by atoms with Crippen molar-refractivity contribution in [2.45, 2.75) is 75.9 Å². The molecule has 0 heterocycles. The lowest BCUT2D eigenvalue weighted by atomic mass is 10.1. The second kappa shape index (κ2) is 13.2. The van der Waals surface area contributed by atoms with Gasteiger partial charge in [0.2, 0.25) is 0 Å². The Morgan fingerprint density at radius 1 is 0.758 bits per heavy atom. The van der Waals surface area contributed by atoms with E-state index in [-0.39, 0.29) is 0 Å². The van der Waals surface area contributed by atoms with Crippen LogP contribution in [0.25, 0.3) is 0 Å². The van der Waals surface area contributed by atoms with Gasteiger partial charge in [-0.2, -0.15) is 5.26 Å². The first-order valence-corrected chi connectivity index (χ1v) is 12.3. The average molecular weight is 472 g/mol. The zero-order chi connectivity index (χ0) is 23.5. The van der Waals surface area contributed by atoms with Gasteiger partial charge in [0.15, 0.2) is 23.0 Å². The molecule has 33 heavy (non-hydrogen) atoms. The highest BCUT2D eigenvalue weighted by Gasteiger charge is 2.19. The van der Waals surface area contributed by atoms with Crippen LogP contribution in [-0.2, 0) is 12.3 Å². The van der Waals surface area contributed by atoms with Crippen molar-refractivity contribution in [3.63, 3.8) is 0 Å². The number of hydrogen-bond acceptors (Lipinski definition) is 5. The third-order valence-corrected chi connectivity index (χ3v) is 6.39. The molecule has 4 rings (SSSR count). The van der Waals surface area contributed by atoms with Gasteiger partial charge in [0, 0.05) is 5.88 Å². The maximum atomic E-state index is 8.70. The molecule has 0 aromatic heterocycles. The van der Waals surface area contributed by atoms with Gasteiger partial charge < -0.3 is 18.9 Å². The second-order valence-electron chi connectivity index (χ2n) is 8.49. The van der Waals surface area contributed by atoms with Crippen molar-refractivity contribution in [1.29, 1.82) is 5.26 Å². The van der Waals surface area contributed by atoms with Gasteiger partial charge in [0.1, 0.15) is 0 Å². The maximum Gasteiger partial charge on any atom is 0.161 e. The normalized spacial score (nSPS) is 15.9. The van der Waals surface area contributed by atoms with Crippen LogP contribution in [0.15, 0.2) is 36.4 Å². The molecule has 0 saturated heterocycles. The smallest absolute Gasteiger partial charge is 0.161 e. The molecule has 2 fully saturated rings. The Morgan fingerprint density at radius 2 is 1.21 bits per heavy atom. The molecule has 178 valence electrons. The van der Waals surface area contributed by atoms with E-state index < -0.39 is 0 Å².